The number of fused-ring (bicyclic) bond motifs is 1. The first-order valence-corrected chi connectivity index (χ1v) is 8.64. The fourth-order valence-corrected chi connectivity index (χ4v) is 3.91. The molecule has 1 atom stereocenters. The molecule has 0 aromatic heterocycles. The van der Waals surface area contributed by atoms with Crippen LogP contribution >= 0.6 is 0 Å². The van der Waals surface area contributed by atoms with E-state index in [1.54, 1.807) is 6.07 Å². The zero-order valence-electron chi connectivity index (χ0n) is 15.3. The molecule has 0 bridgehead atoms. The van der Waals surface area contributed by atoms with Gasteiger partial charge in [0.05, 0.1) is 18.2 Å². The van der Waals surface area contributed by atoms with Crippen LogP contribution in [0.5, 0.6) is 0 Å². The molecule has 2 nitrogen and oxygen atoms in total. The lowest BCUT2D eigenvalue weighted by Crippen LogP contribution is -2.28. The molecular weight excluding hydrogens is 360 g/mol. The Labute approximate surface area is 155 Å². The third-order valence-corrected chi connectivity index (χ3v) is 5.35. The van der Waals surface area contributed by atoms with E-state index in [9.17, 15) is 22.4 Å². The van der Waals surface area contributed by atoms with Crippen molar-refractivity contribution >= 4 is 5.97 Å². The highest BCUT2D eigenvalue weighted by Crippen LogP contribution is 2.48. The van der Waals surface area contributed by atoms with Crippen molar-refractivity contribution in [2.45, 2.75) is 44.2 Å². The fraction of sp³-hybridized carbons (Fsp3) is 0.381. The average molecular weight is 380 g/mol. The molecule has 27 heavy (non-hydrogen) atoms. The molecule has 0 spiro atoms. The van der Waals surface area contributed by atoms with Crippen LogP contribution in [-0.4, -0.2) is 13.1 Å². The van der Waals surface area contributed by atoms with Crippen LogP contribution in [0.2, 0.25) is 0 Å². The highest BCUT2D eigenvalue weighted by atomic mass is 19.4. The molecule has 0 saturated carbocycles. The molecule has 0 heterocycles. The van der Waals surface area contributed by atoms with E-state index < -0.39 is 34.9 Å². The summed E-state index contributed by atoms with van der Waals surface area (Å²) in [6.07, 6.45) is -3.41. The van der Waals surface area contributed by atoms with E-state index in [-0.39, 0.29) is 11.1 Å². The van der Waals surface area contributed by atoms with Gasteiger partial charge in [-0.25, -0.2) is 9.18 Å². The van der Waals surface area contributed by atoms with Crippen molar-refractivity contribution in [1.29, 1.82) is 0 Å². The normalized spacial score (nSPS) is 18.7. The lowest BCUT2D eigenvalue weighted by molar-refractivity contribution is -0.138. The van der Waals surface area contributed by atoms with Crippen molar-refractivity contribution < 1.29 is 27.1 Å². The monoisotopic (exact) mass is 380 g/mol. The number of hydrogen-bond acceptors (Lipinski definition) is 2. The highest BCUT2D eigenvalue weighted by Gasteiger charge is 2.40. The van der Waals surface area contributed by atoms with Crippen LogP contribution in [0.3, 0.4) is 0 Å². The molecule has 3 rings (SSSR count). The summed E-state index contributed by atoms with van der Waals surface area (Å²) in [6.45, 7) is 3.85. The second-order valence-corrected chi connectivity index (χ2v) is 7.47. The quantitative estimate of drug-likeness (QED) is 0.484. The lowest BCUT2D eigenvalue weighted by atomic mass is 9.66. The second-order valence-electron chi connectivity index (χ2n) is 7.47. The Hall–Kier alpha value is -2.37. The third kappa shape index (κ3) is 3.45. The van der Waals surface area contributed by atoms with Gasteiger partial charge in [0, 0.05) is 5.92 Å². The van der Waals surface area contributed by atoms with Gasteiger partial charge >= 0.3 is 12.1 Å². The fourth-order valence-electron chi connectivity index (χ4n) is 3.91. The molecule has 0 radical (unpaired) electrons. The Morgan fingerprint density at radius 2 is 1.81 bits per heavy atom. The minimum Gasteiger partial charge on any atom is -0.465 e. The van der Waals surface area contributed by atoms with Gasteiger partial charge in [-0.15, -0.1) is 0 Å². The van der Waals surface area contributed by atoms with E-state index in [1.165, 1.54) is 24.3 Å². The Balaban J connectivity index is 2.24. The lowest BCUT2D eigenvalue weighted by Gasteiger charge is -2.38. The maximum atomic E-state index is 14.5. The molecule has 0 aliphatic heterocycles. The maximum Gasteiger partial charge on any atom is 0.416 e. The molecule has 0 amide bonds. The van der Waals surface area contributed by atoms with Crippen LogP contribution in [0.15, 0.2) is 36.4 Å². The van der Waals surface area contributed by atoms with Crippen molar-refractivity contribution in [2.75, 3.05) is 7.11 Å². The third-order valence-electron chi connectivity index (χ3n) is 5.35. The standard InChI is InChI=1S/C21H20F4O2/c1-20(2)9-8-12(13-6-4-5-7-16(13)21(23,24)25)14-10-15(19(26)27-3)18(22)11-17(14)20/h4-7,10-12H,8-9H2,1-3H3. The average Bonchev–Trinajstić information content (AvgIpc) is 2.60. The second kappa shape index (κ2) is 6.66. The Kier molecular flexibility index (Phi) is 4.78. The Bertz CT molecular complexity index is 884. The molecule has 144 valence electrons. The van der Waals surface area contributed by atoms with Crippen molar-refractivity contribution in [1.82, 2.24) is 0 Å². The Morgan fingerprint density at radius 3 is 2.44 bits per heavy atom. The van der Waals surface area contributed by atoms with Gasteiger partial charge in [-0.3, -0.25) is 0 Å². The molecule has 1 aliphatic rings. The molecule has 0 saturated heterocycles. The summed E-state index contributed by atoms with van der Waals surface area (Å²) >= 11 is 0. The van der Waals surface area contributed by atoms with Gasteiger partial charge in [-0.2, -0.15) is 13.2 Å². The van der Waals surface area contributed by atoms with Crippen LogP contribution in [0.4, 0.5) is 17.6 Å². The molecule has 2 aromatic carbocycles. The zero-order valence-corrected chi connectivity index (χ0v) is 15.3. The van der Waals surface area contributed by atoms with Crippen molar-refractivity contribution in [3.8, 4) is 0 Å². The number of rotatable bonds is 2. The van der Waals surface area contributed by atoms with Crippen LogP contribution in [0, 0.1) is 5.82 Å². The van der Waals surface area contributed by atoms with Gasteiger partial charge in [0.2, 0.25) is 0 Å². The summed E-state index contributed by atoms with van der Waals surface area (Å²) in [4.78, 5) is 11.9. The summed E-state index contributed by atoms with van der Waals surface area (Å²) in [5.41, 5.74) is -0.0584. The first-order chi connectivity index (χ1) is 12.6. The van der Waals surface area contributed by atoms with Gasteiger partial charge < -0.3 is 4.74 Å². The summed E-state index contributed by atoms with van der Waals surface area (Å²) < 4.78 is 59.7. The first-order valence-electron chi connectivity index (χ1n) is 8.64. The summed E-state index contributed by atoms with van der Waals surface area (Å²) in [7, 11) is 1.14. The number of carbonyl (C=O) groups excluding carboxylic acids is 1. The van der Waals surface area contributed by atoms with Gasteiger partial charge in [0.1, 0.15) is 5.82 Å². The molecule has 1 unspecified atom stereocenters. The van der Waals surface area contributed by atoms with Crippen molar-refractivity contribution in [3.05, 3.63) is 70.0 Å². The number of alkyl halides is 3. The molecule has 0 fully saturated rings. The van der Waals surface area contributed by atoms with Crippen LogP contribution in [0.1, 0.15) is 65.2 Å². The van der Waals surface area contributed by atoms with Crippen molar-refractivity contribution in [3.63, 3.8) is 0 Å². The van der Waals surface area contributed by atoms with Crippen molar-refractivity contribution in [2.24, 2.45) is 0 Å². The van der Waals surface area contributed by atoms with Gasteiger partial charge in [-0.1, -0.05) is 32.0 Å². The van der Waals surface area contributed by atoms with E-state index in [0.717, 1.165) is 13.2 Å². The van der Waals surface area contributed by atoms with Gasteiger partial charge in [-0.05, 0) is 53.1 Å². The van der Waals surface area contributed by atoms with Gasteiger partial charge in [0.15, 0.2) is 0 Å². The molecule has 2 aromatic rings. The minimum absolute atomic E-state index is 0.143. The predicted molar refractivity (Wildman–Crippen MR) is 93.3 cm³/mol. The predicted octanol–water partition coefficient (Wildman–Crippen LogP) is 5.83. The Morgan fingerprint density at radius 1 is 1.15 bits per heavy atom. The number of carbonyl (C=O) groups is 1. The molecular formula is C21H20F4O2. The topological polar surface area (TPSA) is 26.3 Å². The number of ether oxygens (including phenoxy) is 1. The number of methoxy groups -OCH3 is 1. The zero-order chi connectivity index (χ0) is 20.0. The van der Waals surface area contributed by atoms with Gasteiger partial charge in [0.25, 0.3) is 0 Å². The number of benzene rings is 2. The van der Waals surface area contributed by atoms with E-state index in [4.69, 9.17) is 0 Å². The molecule has 1 aliphatic carbocycles. The molecule has 0 N–H and O–H groups in total. The van der Waals surface area contributed by atoms with E-state index in [1.807, 2.05) is 13.8 Å². The van der Waals surface area contributed by atoms with E-state index in [0.29, 0.717) is 24.0 Å². The number of hydrogen-bond donors (Lipinski definition) is 0. The van der Waals surface area contributed by atoms with Crippen LogP contribution in [-0.2, 0) is 16.3 Å². The summed E-state index contributed by atoms with van der Waals surface area (Å²) in [5, 5.41) is 0. The smallest absolute Gasteiger partial charge is 0.416 e. The maximum absolute atomic E-state index is 14.5. The van der Waals surface area contributed by atoms with E-state index >= 15 is 0 Å². The van der Waals surface area contributed by atoms with E-state index in [2.05, 4.69) is 4.74 Å². The first kappa shape index (κ1) is 19.4. The SMILES string of the molecule is COC(=O)c1cc2c(cc1F)C(C)(C)CCC2c1ccccc1C(F)(F)F. The summed E-state index contributed by atoms with van der Waals surface area (Å²) in [5.74, 6) is -2.14. The van der Waals surface area contributed by atoms with Crippen LogP contribution in [0.25, 0.3) is 0 Å². The van der Waals surface area contributed by atoms with Crippen LogP contribution < -0.4 is 0 Å². The number of halogens is 4. The number of esters is 1. The summed E-state index contributed by atoms with van der Waals surface area (Å²) in [6, 6.07) is 8.05. The molecule has 6 heteroatoms. The highest BCUT2D eigenvalue weighted by molar-refractivity contribution is 5.90. The minimum atomic E-state index is -4.49. The largest absolute Gasteiger partial charge is 0.465 e.